The van der Waals surface area contributed by atoms with E-state index in [0.717, 1.165) is 0 Å². The summed E-state index contributed by atoms with van der Waals surface area (Å²) in [6.07, 6.45) is 1.43. The van der Waals surface area contributed by atoms with Gasteiger partial charge in [0.15, 0.2) is 0 Å². The second kappa shape index (κ2) is 2.63. The number of carbonyl (C=O) groups excluding carboxylic acids is 1. The van der Waals surface area contributed by atoms with Crippen molar-refractivity contribution in [3.8, 4) is 0 Å². The van der Waals surface area contributed by atoms with Crippen LogP contribution in [0.5, 0.6) is 0 Å². The van der Waals surface area contributed by atoms with Gasteiger partial charge in [-0.05, 0) is 6.26 Å². The maximum atomic E-state index is 9.88. The zero-order valence-electron chi connectivity index (χ0n) is 3.67. The first kappa shape index (κ1) is 6.49. The molecule has 0 spiro atoms. The summed E-state index contributed by atoms with van der Waals surface area (Å²) in [5, 5.41) is 6.99. The molecular weight excluding hydrogens is 116 g/mol. The predicted octanol–water partition coefficient (Wildman–Crippen LogP) is -0.0394. The van der Waals surface area contributed by atoms with Gasteiger partial charge in [0.25, 0.3) is 5.12 Å². The first-order valence-electron chi connectivity index (χ1n) is 1.49. The lowest BCUT2D eigenvalue weighted by atomic mass is 10.8. The first-order valence-corrected chi connectivity index (χ1v) is 2.72. The minimum absolute atomic E-state index is 0.694. The zero-order chi connectivity index (χ0) is 5.86. The van der Waals surface area contributed by atoms with Gasteiger partial charge < -0.3 is 5.11 Å². The van der Waals surface area contributed by atoms with E-state index in [1.807, 2.05) is 0 Å². The van der Waals surface area contributed by atoms with Crippen molar-refractivity contribution >= 4 is 22.8 Å². The van der Waals surface area contributed by atoms with Crippen LogP contribution in [0, 0.1) is 0 Å². The van der Waals surface area contributed by atoms with E-state index in [2.05, 4.69) is 0 Å². The fraction of sp³-hybridized carbons (Fsp3) is 0.333. The van der Waals surface area contributed by atoms with Gasteiger partial charge in [-0.25, -0.2) is 4.79 Å². The largest absolute Gasteiger partial charge is 0.475 e. The molecule has 0 heterocycles. The fourth-order valence-corrected chi connectivity index (χ4v) is 0.262. The van der Waals surface area contributed by atoms with Crippen molar-refractivity contribution in [2.24, 2.45) is 0 Å². The van der Waals surface area contributed by atoms with Crippen LogP contribution in [0.2, 0.25) is 0 Å². The molecule has 7 heavy (non-hydrogen) atoms. The third-order valence-corrected chi connectivity index (χ3v) is 0.905. The quantitative estimate of drug-likeness (QED) is 0.456. The molecule has 0 radical (unpaired) electrons. The van der Waals surface area contributed by atoms with Crippen LogP contribution < -0.4 is 0 Å². The summed E-state index contributed by atoms with van der Waals surface area (Å²) in [7, 11) is 0. The van der Waals surface area contributed by atoms with Gasteiger partial charge in [0.2, 0.25) is 0 Å². The third kappa shape index (κ3) is 2.22. The summed E-state index contributed by atoms with van der Waals surface area (Å²) < 4.78 is 0. The first-order chi connectivity index (χ1) is 3.18. The van der Waals surface area contributed by atoms with Crippen LogP contribution in [0.1, 0.15) is 0 Å². The highest BCUT2D eigenvalue weighted by Crippen LogP contribution is 1.91. The van der Waals surface area contributed by atoms with Gasteiger partial charge in [0.05, 0.1) is 0 Å². The van der Waals surface area contributed by atoms with Gasteiger partial charge in [-0.1, -0.05) is 11.8 Å². The molecule has 0 saturated heterocycles. The molecule has 0 unspecified atom stereocenters. The lowest BCUT2D eigenvalue weighted by molar-refractivity contribution is -0.144. The number of hydrogen-bond acceptors (Lipinski definition) is 3. The molecule has 0 aliphatic carbocycles. The third-order valence-electron chi connectivity index (χ3n) is 0.360. The zero-order valence-corrected chi connectivity index (χ0v) is 4.49. The van der Waals surface area contributed by atoms with Crippen LogP contribution in [-0.4, -0.2) is 22.4 Å². The standard InChI is InChI=1S/C3H4O3S/c1-7-3(6)2(4)5/h1H3,(H,4,5). The van der Waals surface area contributed by atoms with E-state index in [9.17, 15) is 9.59 Å². The average molecular weight is 120 g/mol. The molecule has 1 N–H and O–H groups in total. The number of hydrogen-bond donors (Lipinski definition) is 1. The molecule has 0 atom stereocenters. The van der Waals surface area contributed by atoms with E-state index in [0.29, 0.717) is 11.8 Å². The Bertz CT molecular complexity index is 98.4. The summed E-state index contributed by atoms with van der Waals surface area (Å²) in [6, 6.07) is 0. The number of carboxylic acid groups (broad SMARTS) is 1. The highest BCUT2D eigenvalue weighted by molar-refractivity contribution is 8.14. The Morgan fingerprint density at radius 3 is 2.00 bits per heavy atom. The minimum Gasteiger partial charge on any atom is -0.475 e. The molecule has 0 amide bonds. The van der Waals surface area contributed by atoms with Gasteiger partial charge in [-0.2, -0.15) is 0 Å². The molecule has 0 aliphatic rings. The topological polar surface area (TPSA) is 54.4 Å². The normalized spacial score (nSPS) is 8.14. The van der Waals surface area contributed by atoms with Crippen LogP contribution in [-0.2, 0) is 9.59 Å². The molecule has 0 aromatic rings. The molecule has 0 rings (SSSR count). The number of rotatable bonds is 0. The van der Waals surface area contributed by atoms with Gasteiger partial charge in [0, 0.05) is 0 Å². The van der Waals surface area contributed by atoms with Crippen LogP contribution in [0.3, 0.4) is 0 Å². The molecule has 0 fully saturated rings. The van der Waals surface area contributed by atoms with Gasteiger partial charge >= 0.3 is 5.97 Å². The smallest absolute Gasteiger partial charge is 0.383 e. The monoisotopic (exact) mass is 120 g/mol. The molecule has 0 aromatic carbocycles. The van der Waals surface area contributed by atoms with Crippen molar-refractivity contribution in [2.75, 3.05) is 6.26 Å². The molecular formula is C3H4O3S. The Morgan fingerprint density at radius 1 is 1.57 bits per heavy atom. The molecule has 3 nitrogen and oxygen atoms in total. The van der Waals surface area contributed by atoms with E-state index in [4.69, 9.17) is 5.11 Å². The number of thioether (sulfide) groups is 1. The van der Waals surface area contributed by atoms with Crippen molar-refractivity contribution < 1.29 is 14.7 Å². The Hall–Kier alpha value is -0.510. The Balaban J connectivity index is 3.58. The van der Waals surface area contributed by atoms with Gasteiger partial charge in [0.1, 0.15) is 0 Å². The van der Waals surface area contributed by atoms with E-state index >= 15 is 0 Å². The van der Waals surface area contributed by atoms with Crippen molar-refractivity contribution in [2.45, 2.75) is 0 Å². The second-order valence-electron chi connectivity index (χ2n) is 0.797. The molecule has 0 aliphatic heterocycles. The fourth-order valence-electron chi connectivity index (χ4n) is 0.0873. The minimum atomic E-state index is -1.38. The molecule has 0 bridgehead atoms. The Labute approximate surface area is 44.7 Å². The highest BCUT2D eigenvalue weighted by Gasteiger charge is 2.06. The summed E-state index contributed by atoms with van der Waals surface area (Å²) in [5.74, 6) is -1.38. The average Bonchev–Trinajstić information content (AvgIpc) is 1.65. The highest BCUT2D eigenvalue weighted by atomic mass is 32.2. The lowest BCUT2D eigenvalue weighted by Gasteiger charge is -1.80. The summed E-state index contributed by atoms with van der Waals surface area (Å²) >= 11 is 0.694. The van der Waals surface area contributed by atoms with Crippen molar-refractivity contribution in [1.29, 1.82) is 0 Å². The van der Waals surface area contributed by atoms with Crippen molar-refractivity contribution in [3.63, 3.8) is 0 Å². The number of carbonyl (C=O) groups is 2. The number of carboxylic acids is 1. The maximum absolute atomic E-state index is 9.88. The van der Waals surface area contributed by atoms with Crippen molar-refractivity contribution in [3.05, 3.63) is 0 Å². The SMILES string of the molecule is CSC(=O)C(=O)O. The lowest BCUT2D eigenvalue weighted by Crippen LogP contribution is -2.06. The summed E-state index contributed by atoms with van der Waals surface area (Å²) in [6.45, 7) is 0. The van der Waals surface area contributed by atoms with Crippen LogP contribution >= 0.6 is 11.8 Å². The van der Waals surface area contributed by atoms with E-state index in [1.54, 1.807) is 0 Å². The predicted molar refractivity (Wildman–Crippen MR) is 26.2 cm³/mol. The van der Waals surface area contributed by atoms with Crippen LogP contribution in [0.4, 0.5) is 0 Å². The van der Waals surface area contributed by atoms with Crippen molar-refractivity contribution in [1.82, 2.24) is 0 Å². The van der Waals surface area contributed by atoms with Crippen LogP contribution in [0.15, 0.2) is 0 Å². The molecule has 4 heteroatoms. The molecule has 40 valence electrons. The van der Waals surface area contributed by atoms with E-state index in [1.165, 1.54) is 6.26 Å². The maximum Gasteiger partial charge on any atom is 0.383 e. The Kier molecular flexibility index (Phi) is 2.44. The second-order valence-corrected chi connectivity index (χ2v) is 1.58. The summed E-state index contributed by atoms with van der Waals surface area (Å²) in [4.78, 5) is 19.4. The summed E-state index contributed by atoms with van der Waals surface area (Å²) in [5.41, 5.74) is 0. The molecule has 0 aromatic heterocycles. The Morgan fingerprint density at radius 2 is 2.00 bits per heavy atom. The molecule has 0 saturated carbocycles. The van der Waals surface area contributed by atoms with E-state index < -0.39 is 11.1 Å². The van der Waals surface area contributed by atoms with E-state index in [-0.39, 0.29) is 0 Å². The van der Waals surface area contributed by atoms with Crippen LogP contribution in [0.25, 0.3) is 0 Å². The van der Waals surface area contributed by atoms with Gasteiger partial charge in [-0.15, -0.1) is 0 Å². The number of aliphatic carboxylic acids is 1. The van der Waals surface area contributed by atoms with Gasteiger partial charge in [-0.3, -0.25) is 4.79 Å².